The summed E-state index contributed by atoms with van der Waals surface area (Å²) < 4.78 is 0. The summed E-state index contributed by atoms with van der Waals surface area (Å²) in [4.78, 5) is 10.8. The largest absolute Gasteiger partial charge is 0.480 e. The molecule has 4 rings (SSSR count). The average molecular weight is 181 g/mol. The van der Waals surface area contributed by atoms with Gasteiger partial charge in [-0.1, -0.05) is 0 Å². The van der Waals surface area contributed by atoms with Crippen molar-refractivity contribution in [2.24, 2.45) is 11.3 Å². The number of carbonyl (C=O) groups is 1. The minimum absolute atomic E-state index is 0.265. The minimum atomic E-state index is -0.666. The summed E-state index contributed by atoms with van der Waals surface area (Å²) in [5.74, 6) is 0.128. The van der Waals surface area contributed by atoms with E-state index in [4.69, 9.17) is 5.11 Å². The molecule has 2 bridgehead atoms. The Morgan fingerprint density at radius 1 is 1.38 bits per heavy atom. The first-order chi connectivity index (χ1) is 6.21. The zero-order valence-corrected chi connectivity index (χ0v) is 7.62. The van der Waals surface area contributed by atoms with Crippen LogP contribution >= 0.6 is 0 Å². The molecule has 0 aromatic carbocycles. The molecule has 0 amide bonds. The second-order valence-electron chi connectivity index (χ2n) is 4.94. The molecule has 3 nitrogen and oxygen atoms in total. The predicted octanol–water partition coefficient (Wildman–Crippen LogP) is 0.992. The average Bonchev–Trinajstić information content (AvgIpc) is 2.61. The van der Waals surface area contributed by atoms with Gasteiger partial charge in [-0.2, -0.15) is 0 Å². The molecule has 4 atom stereocenters. The number of carboxylic acids is 1. The van der Waals surface area contributed by atoms with Gasteiger partial charge in [-0.25, -0.2) is 0 Å². The van der Waals surface area contributed by atoms with Crippen molar-refractivity contribution in [1.29, 1.82) is 0 Å². The maximum absolute atomic E-state index is 10.8. The van der Waals surface area contributed by atoms with Crippen LogP contribution in [0.4, 0.5) is 0 Å². The van der Waals surface area contributed by atoms with E-state index < -0.39 is 5.97 Å². The molecular weight excluding hydrogens is 166 g/mol. The number of hydrogen-bond acceptors (Lipinski definition) is 2. The lowest BCUT2D eigenvalue weighted by Crippen LogP contribution is -2.62. The van der Waals surface area contributed by atoms with Crippen molar-refractivity contribution in [2.45, 2.75) is 44.2 Å². The first kappa shape index (κ1) is 7.80. The highest BCUT2D eigenvalue weighted by Crippen LogP contribution is 2.62. The van der Waals surface area contributed by atoms with Crippen molar-refractivity contribution in [3.63, 3.8) is 0 Å². The van der Waals surface area contributed by atoms with Gasteiger partial charge in [0.05, 0.1) is 0 Å². The van der Waals surface area contributed by atoms with Gasteiger partial charge in [0.1, 0.15) is 6.04 Å². The molecule has 3 aliphatic carbocycles. The molecule has 4 fully saturated rings. The number of fused-ring (bicyclic) bond motifs is 1. The van der Waals surface area contributed by atoms with Crippen LogP contribution in [0.2, 0.25) is 0 Å². The molecule has 4 aliphatic rings. The van der Waals surface area contributed by atoms with Gasteiger partial charge in [0.15, 0.2) is 0 Å². The molecule has 13 heavy (non-hydrogen) atoms. The summed E-state index contributed by atoms with van der Waals surface area (Å²) in [6.07, 6.45) is 5.99. The molecule has 4 unspecified atom stereocenters. The molecule has 1 spiro atoms. The fourth-order valence-electron chi connectivity index (χ4n) is 3.73. The summed E-state index contributed by atoms with van der Waals surface area (Å²) in [5.41, 5.74) is 0.524. The molecule has 0 aromatic heterocycles. The topological polar surface area (TPSA) is 49.3 Å². The normalized spacial score (nSPS) is 52.5. The van der Waals surface area contributed by atoms with Crippen molar-refractivity contribution in [2.75, 3.05) is 0 Å². The van der Waals surface area contributed by atoms with Crippen molar-refractivity contribution in [1.82, 2.24) is 5.32 Å². The van der Waals surface area contributed by atoms with E-state index >= 15 is 0 Å². The van der Waals surface area contributed by atoms with Gasteiger partial charge in [0.25, 0.3) is 0 Å². The van der Waals surface area contributed by atoms with Crippen LogP contribution in [0, 0.1) is 11.3 Å². The number of hydrogen-bond donors (Lipinski definition) is 2. The van der Waals surface area contributed by atoms with Crippen LogP contribution in [-0.4, -0.2) is 23.2 Å². The monoisotopic (exact) mass is 181 g/mol. The summed E-state index contributed by atoms with van der Waals surface area (Å²) in [6.45, 7) is 0. The second kappa shape index (κ2) is 2.27. The number of rotatable bonds is 1. The van der Waals surface area contributed by atoms with Crippen LogP contribution in [0.15, 0.2) is 0 Å². The fraction of sp³-hybridized carbons (Fsp3) is 0.900. The lowest BCUT2D eigenvalue weighted by atomic mass is 9.60. The lowest BCUT2D eigenvalue weighted by molar-refractivity contribution is -0.142. The van der Waals surface area contributed by atoms with Crippen LogP contribution in [0.1, 0.15) is 32.1 Å². The fourth-order valence-corrected chi connectivity index (χ4v) is 3.73. The zero-order chi connectivity index (χ0) is 9.05. The standard InChI is InChI=1S/C10H15NO2/c12-9(13)7-2-4-10-3-1-6(5-10)8(10)11-7/h6-8,11H,1-5H2,(H,12,13). The van der Waals surface area contributed by atoms with E-state index in [2.05, 4.69) is 5.32 Å². The summed E-state index contributed by atoms with van der Waals surface area (Å²) >= 11 is 0. The van der Waals surface area contributed by atoms with Crippen molar-refractivity contribution < 1.29 is 9.90 Å². The van der Waals surface area contributed by atoms with Crippen LogP contribution in [0.25, 0.3) is 0 Å². The third-order valence-electron chi connectivity index (χ3n) is 4.42. The Kier molecular flexibility index (Phi) is 1.36. The molecule has 0 radical (unpaired) electrons. The van der Waals surface area contributed by atoms with Crippen molar-refractivity contribution >= 4 is 5.97 Å². The van der Waals surface area contributed by atoms with Gasteiger partial charge in [-0.05, 0) is 43.4 Å². The Labute approximate surface area is 77.5 Å². The highest BCUT2D eigenvalue weighted by Gasteiger charge is 2.60. The van der Waals surface area contributed by atoms with Gasteiger partial charge in [-0.3, -0.25) is 4.79 Å². The molecule has 3 saturated carbocycles. The molecule has 1 heterocycles. The maximum Gasteiger partial charge on any atom is 0.320 e. The van der Waals surface area contributed by atoms with Gasteiger partial charge >= 0.3 is 5.97 Å². The summed E-state index contributed by atoms with van der Waals surface area (Å²) in [6, 6.07) is 0.279. The molecule has 1 saturated heterocycles. The summed E-state index contributed by atoms with van der Waals surface area (Å²) in [7, 11) is 0. The van der Waals surface area contributed by atoms with Crippen molar-refractivity contribution in [3.8, 4) is 0 Å². The quantitative estimate of drug-likeness (QED) is 0.634. The van der Waals surface area contributed by atoms with E-state index in [1.807, 2.05) is 0 Å². The molecule has 1 aliphatic heterocycles. The molecule has 0 aromatic rings. The Morgan fingerprint density at radius 2 is 2.15 bits per heavy atom. The number of nitrogens with one attached hydrogen (secondary N) is 1. The molecule has 72 valence electrons. The Morgan fingerprint density at radius 3 is 2.85 bits per heavy atom. The van der Waals surface area contributed by atoms with Gasteiger partial charge in [0, 0.05) is 6.04 Å². The van der Waals surface area contributed by atoms with E-state index in [0.29, 0.717) is 11.5 Å². The van der Waals surface area contributed by atoms with Crippen LogP contribution < -0.4 is 5.32 Å². The van der Waals surface area contributed by atoms with E-state index in [1.165, 1.54) is 19.3 Å². The number of aliphatic carboxylic acids is 1. The van der Waals surface area contributed by atoms with Gasteiger partial charge in [-0.15, -0.1) is 0 Å². The van der Waals surface area contributed by atoms with Crippen LogP contribution in [0.5, 0.6) is 0 Å². The molecule has 2 N–H and O–H groups in total. The Bertz CT molecular complexity index is 262. The SMILES string of the molecule is O=C(O)C1CCC23CCC(C2)C3N1. The molecular formula is C10H15NO2. The Hall–Kier alpha value is -0.570. The lowest BCUT2D eigenvalue weighted by Gasteiger charge is -2.53. The predicted molar refractivity (Wildman–Crippen MR) is 47.4 cm³/mol. The van der Waals surface area contributed by atoms with Crippen molar-refractivity contribution in [3.05, 3.63) is 0 Å². The van der Waals surface area contributed by atoms with E-state index in [-0.39, 0.29) is 6.04 Å². The summed E-state index contributed by atoms with van der Waals surface area (Å²) in [5, 5.41) is 12.2. The first-order valence-corrected chi connectivity index (χ1v) is 5.20. The highest BCUT2D eigenvalue weighted by molar-refractivity contribution is 5.73. The third kappa shape index (κ3) is 0.857. The van der Waals surface area contributed by atoms with Gasteiger partial charge in [0.2, 0.25) is 0 Å². The third-order valence-corrected chi connectivity index (χ3v) is 4.42. The minimum Gasteiger partial charge on any atom is -0.480 e. The van der Waals surface area contributed by atoms with Crippen LogP contribution in [0.3, 0.4) is 0 Å². The number of carboxylic acid groups (broad SMARTS) is 1. The van der Waals surface area contributed by atoms with E-state index in [1.54, 1.807) is 0 Å². The van der Waals surface area contributed by atoms with E-state index in [9.17, 15) is 4.79 Å². The zero-order valence-electron chi connectivity index (χ0n) is 7.62. The number of piperidine rings is 1. The highest BCUT2D eigenvalue weighted by atomic mass is 16.4. The Balaban J connectivity index is 1.77. The second-order valence-corrected chi connectivity index (χ2v) is 4.94. The maximum atomic E-state index is 10.8. The van der Waals surface area contributed by atoms with Gasteiger partial charge < -0.3 is 10.4 Å². The van der Waals surface area contributed by atoms with Crippen LogP contribution in [-0.2, 0) is 4.79 Å². The first-order valence-electron chi connectivity index (χ1n) is 5.20. The smallest absolute Gasteiger partial charge is 0.320 e. The molecule has 3 heteroatoms. The van der Waals surface area contributed by atoms with E-state index in [0.717, 1.165) is 18.8 Å².